The molecule has 0 saturated heterocycles. The minimum absolute atomic E-state index is 0.267. The van der Waals surface area contributed by atoms with Gasteiger partial charge >= 0.3 is 0 Å². The van der Waals surface area contributed by atoms with E-state index in [0.29, 0.717) is 9.99 Å². The molecule has 2 rings (SSSR count). The van der Waals surface area contributed by atoms with Gasteiger partial charge in [-0.1, -0.05) is 0 Å². The lowest BCUT2D eigenvalue weighted by Crippen LogP contribution is -1.87. The Bertz CT molecular complexity index is 396. The van der Waals surface area contributed by atoms with Crippen LogP contribution in [0.1, 0.15) is 0 Å². The van der Waals surface area contributed by atoms with Crippen LogP contribution in [0.4, 0.5) is 4.39 Å². The van der Waals surface area contributed by atoms with Gasteiger partial charge in [0.2, 0.25) is 0 Å². The van der Waals surface area contributed by atoms with Crippen LogP contribution in [0, 0.1) is 5.82 Å². The highest BCUT2D eigenvalue weighted by molar-refractivity contribution is 9.10. The number of rotatable bonds is 0. The summed E-state index contributed by atoms with van der Waals surface area (Å²) < 4.78 is 15.2. The maximum absolute atomic E-state index is 13.0. The van der Waals surface area contributed by atoms with Gasteiger partial charge in [-0.2, -0.15) is 5.10 Å². The van der Waals surface area contributed by atoms with Crippen LogP contribution in [-0.4, -0.2) is 9.61 Å². The van der Waals surface area contributed by atoms with Crippen LogP contribution < -0.4 is 0 Å². The molecular weight excluding hydrogens is 211 g/mol. The number of hydrogen-bond acceptors (Lipinski definition) is 1. The van der Waals surface area contributed by atoms with E-state index in [1.54, 1.807) is 18.5 Å². The molecule has 0 saturated carbocycles. The minimum atomic E-state index is -0.267. The van der Waals surface area contributed by atoms with Gasteiger partial charge in [-0.25, -0.2) is 8.91 Å². The molecule has 0 aliphatic heterocycles. The Kier molecular flexibility index (Phi) is 1.42. The van der Waals surface area contributed by atoms with Crippen LogP contribution in [0.3, 0.4) is 0 Å². The zero-order valence-electron chi connectivity index (χ0n) is 5.46. The average molecular weight is 215 g/mol. The Hall–Kier alpha value is -0.900. The van der Waals surface area contributed by atoms with Crippen LogP contribution in [-0.2, 0) is 0 Å². The second-order valence-electron chi connectivity index (χ2n) is 2.14. The summed E-state index contributed by atoms with van der Waals surface area (Å²) in [6.45, 7) is 0. The van der Waals surface area contributed by atoms with E-state index in [2.05, 4.69) is 21.0 Å². The fraction of sp³-hybridized carbons (Fsp3) is 0. The summed E-state index contributed by atoms with van der Waals surface area (Å²) in [6, 6.07) is 3.02. The average Bonchev–Trinajstić information content (AvgIpc) is 2.34. The third-order valence-electron chi connectivity index (χ3n) is 1.45. The maximum atomic E-state index is 13.0. The number of aromatic nitrogens is 2. The lowest BCUT2D eigenvalue weighted by atomic mass is 10.4. The first-order valence-electron chi connectivity index (χ1n) is 3.06. The summed E-state index contributed by atoms with van der Waals surface area (Å²) in [5, 5.41) is 3.91. The number of nitrogens with zero attached hydrogens (tertiary/aromatic N) is 2. The molecular formula is C7H4BrFN2. The first-order chi connectivity index (χ1) is 5.29. The maximum Gasteiger partial charge on any atom is 0.150 e. The molecule has 0 aliphatic carbocycles. The van der Waals surface area contributed by atoms with Crippen molar-refractivity contribution < 1.29 is 4.39 Å². The van der Waals surface area contributed by atoms with Gasteiger partial charge in [0, 0.05) is 6.20 Å². The normalized spacial score (nSPS) is 10.7. The second-order valence-corrected chi connectivity index (χ2v) is 3.00. The number of hydrogen-bond donors (Lipinski definition) is 0. The molecule has 0 fully saturated rings. The van der Waals surface area contributed by atoms with E-state index in [-0.39, 0.29) is 5.82 Å². The summed E-state index contributed by atoms with van der Waals surface area (Å²) in [6.07, 6.45) is 3.27. The molecule has 11 heavy (non-hydrogen) atoms. The van der Waals surface area contributed by atoms with Gasteiger partial charge in [-0.15, -0.1) is 0 Å². The topological polar surface area (TPSA) is 17.3 Å². The number of pyridine rings is 1. The minimum Gasteiger partial charge on any atom is -0.237 e. The van der Waals surface area contributed by atoms with Crippen LogP contribution in [0.25, 0.3) is 5.52 Å². The van der Waals surface area contributed by atoms with Crippen LogP contribution in [0.15, 0.2) is 29.0 Å². The highest BCUT2D eigenvalue weighted by Crippen LogP contribution is 2.19. The monoisotopic (exact) mass is 214 g/mol. The molecule has 0 atom stereocenters. The molecule has 0 spiro atoms. The second kappa shape index (κ2) is 2.30. The summed E-state index contributed by atoms with van der Waals surface area (Å²) >= 11 is 3.19. The lowest BCUT2D eigenvalue weighted by molar-refractivity contribution is 0.630. The highest BCUT2D eigenvalue weighted by Gasteiger charge is 2.04. The van der Waals surface area contributed by atoms with Crippen LogP contribution >= 0.6 is 15.9 Å². The highest BCUT2D eigenvalue weighted by atomic mass is 79.9. The van der Waals surface area contributed by atoms with Crippen molar-refractivity contribution in [3.05, 3.63) is 34.8 Å². The summed E-state index contributed by atoms with van der Waals surface area (Å²) in [5.41, 5.74) is 0.479. The van der Waals surface area contributed by atoms with Crippen molar-refractivity contribution in [3.63, 3.8) is 0 Å². The molecule has 2 nitrogen and oxygen atoms in total. The molecule has 4 heteroatoms. The summed E-state index contributed by atoms with van der Waals surface area (Å²) in [7, 11) is 0. The van der Waals surface area contributed by atoms with E-state index in [0.717, 1.165) is 0 Å². The summed E-state index contributed by atoms with van der Waals surface area (Å²) in [5.74, 6) is -0.267. The largest absolute Gasteiger partial charge is 0.237 e. The van der Waals surface area contributed by atoms with E-state index < -0.39 is 0 Å². The van der Waals surface area contributed by atoms with Crippen molar-refractivity contribution in [1.82, 2.24) is 9.61 Å². The van der Waals surface area contributed by atoms with E-state index in [9.17, 15) is 4.39 Å². The van der Waals surface area contributed by atoms with Crippen molar-refractivity contribution in [2.45, 2.75) is 0 Å². The molecule has 0 unspecified atom stereocenters. The van der Waals surface area contributed by atoms with Crippen molar-refractivity contribution in [3.8, 4) is 0 Å². The molecule has 0 N–H and O–H groups in total. The smallest absolute Gasteiger partial charge is 0.150 e. The molecule has 56 valence electrons. The third kappa shape index (κ3) is 0.939. The predicted octanol–water partition coefficient (Wildman–Crippen LogP) is 2.24. The molecule has 2 heterocycles. The lowest BCUT2D eigenvalue weighted by Gasteiger charge is -1.92. The van der Waals surface area contributed by atoms with Crippen molar-refractivity contribution >= 4 is 21.4 Å². The number of fused-ring (bicyclic) bond motifs is 1. The SMILES string of the molecule is Fc1cccn2ncc(Br)c12. The Morgan fingerprint density at radius 2 is 2.36 bits per heavy atom. The third-order valence-corrected chi connectivity index (χ3v) is 2.03. The van der Waals surface area contributed by atoms with Gasteiger partial charge in [-0.05, 0) is 28.1 Å². The summed E-state index contributed by atoms with van der Waals surface area (Å²) in [4.78, 5) is 0. The van der Waals surface area contributed by atoms with Crippen molar-refractivity contribution in [2.24, 2.45) is 0 Å². The Balaban J connectivity index is 2.96. The fourth-order valence-electron chi connectivity index (χ4n) is 0.966. The molecule has 2 aromatic heterocycles. The van der Waals surface area contributed by atoms with Gasteiger partial charge < -0.3 is 0 Å². The van der Waals surface area contributed by atoms with Crippen molar-refractivity contribution in [2.75, 3.05) is 0 Å². The van der Waals surface area contributed by atoms with E-state index in [4.69, 9.17) is 0 Å². The first kappa shape index (κ1) is 6.79. The standard InChI is InChI=1S/C7H4BrFN2/c8-5-4-10-11-3-1-2-6(9)7(5)11/h1-4H. The van der Waals surface area contributed by atoms with Gasteiger partial charge in [0.1, 0.15) is 11.3 Å². The molecule has 0 bridgehead atoms. The number of halogens is 2. The van der Waals surface area contributed by atoms with Crippen molar-refractivity contribution in [1.29, 1.82) is 0 Å². The van der Waals surface area contributed by atoms with E-state index >= 15 is 0 Å². The zero-order valence-corrected chi connectivity index (χ0v) is 7.05. The van der Waals surface area contributed by atoms with Crippen LogP contribution in [0.2, 0.25) is 0 Å². The molecule has 0 aromatic carbocycles. The van der Waals surface area contributed by atoms with Crippen LogP contribution in [0.5, 0.6) is 0 Å². The molecule has 0 amide bonds. The van der Waals surface area contributed by atoms with E-state index in [1.807, 2.05) is 0 Å². The van der Waals surface area contributed by atoms with Gasteiger partial charge in [-0.3, -0.25) is 0 Å². The van der Waals surface area contributed by atoms with E-state index in [1.165, 1.54) is 10.6 Å². The van der Waals surface area contributed by atoms with Gasteiger partial charge in [0.15, 0.2) is 0 Å². The Morgan fingerprint density at radius 3 is 3.09 bits per heavy atom. The molecule has 0 aliphatic rings. The fourth-order valence-corrected chi connectivity index (χ4v) is 1.43. The Labute approximate surface area is 70.8 Å². The van der Waals surface area contributed by atoms with Gasteiger partial charge in [0.25, 0.3) is 0 Å². The van der Waals surface area contributed by atoms with Gasteiger partial charge in [0.05, 0.1) is 10.7 Å². The molecule has 2 aromatic rings. The molecule has 0 radical (unpaired) electrons. The predicted molar refractivity (Wildman–Crippen MR) is 42.9 cm³/mol. The zero-order chi connectivity index (χ0) is 7.84. The first-order valence-corrected chi connectivity index (χ1v) is 3.85. The quantitative estimate of drug-likeness (QED) is 0.658. The Morgan fingerprint density at radius 1 is 1.55 bits per heavy atom.